The number of nitrogens with zero attached hydrogens (tertiary/aromatic N) is 1. The highest BCUT2D eigenvalue weighted by Crippen LogP contribution is 2.29. The Morgan fingerprint density at radius 2 is 2.29 bits per heavy atom. The molecule has 0 aliphatic heterocycles. The van der Waals surface area contributed by atoms with Gasteiger partial charge in [0.2, 0.25) is 0 Å². The lowest BCUT2D eigenvalue weighted by molar-refractivity contribution is 0.218. The average Bonchev–Trinajstić information content (AvgIpc) is 3.03. The molecule has 1 aromatic heterocycles. The van der Waals surface area contributed by atoms with Gasteiger partial charge in [-0.2, -0.15) is 0 Å². The minimum Gasteiger partial charge on any atom is -0.468 e. The number of rotatable bonds is 8. The molecule has 1 saturated carbocycles. The standard InChI is InChI=1S/C14H22BrNO/c1-12(6-8-15)7-9-16(13-4-5-13)11-14-3-2-10-17-14/h2-3,10,12-13H,4-9,11H2,1H3. The van der Waals surface area contributed by atoms with E-state index in [0.717, 1.165) is 29.6 Å². The SMILES string of the molecule is CC(CCBr)CCN(Cc1ccco1)C1CC1. The molecule has 17 heavy (non-hydrogen) atoms. The Morgan fingerprint density at radius 3 is 2.88 bits per heavy atom. The molecule has 96 valence electrons. The lowest BCUT2D eigenvalue weighted by Crippen LogP contribution is -2.27. The van der Waals surface area contributed by atoms with Crippen molar-refractivity contribution in [2.45, 2.75) is 45.2 Å². The van der Waals surface area contributed by atoms with Gasteiger partial charge in [-0.3, -0.25) is 4.90 Å². The van der Waals surface area contributed by atoms with Crippen LogP contribution in [0.4, 0.5) is 0 Å². The third-order valence-corrected chi connectivity index (χ3v) is 3.97. The first-order valence-electron chi connectivity index (χ1n) is 6.62. The smallest absolute Gasteiger partial charge is 0.117 e. The lowest BCUT2D eigenvalue weighted by atomic mass is 10.1. The summed E-state index contributed by atoms with van der Waals surface area (Å²) in [6, 6.07) is 4.88. The fourth-order valence-corrected chi connectivity index (χ4v) is 2.93. The van der Waals surface area contributed by atoms with Gasteiger partial charge in [0.15, 0.2) is 0 Å². The largest absolute Gasteiger partial charge is 0.468 e. The molecule has 1 atom stereocenters. The minimum atomic E-state index is 0.812. The summed E-state index contributed by atoms with van der Waals surface area (Å²) >= 11 is 3.52. The number of hydrogen-bond donors (Lipinski definition) is 0. The van der Waals surface area contributed by atoms with E-state index < -0.39 is 0 Å². The second-order valence-electron chi connectivity index (χ2n) is 5.15. The predicted octanol–water partition coefficient (Wildman–Crippen LogP) is 4.06. The maximum absolute atomic E-state index is 5.45. The first kappa shape index (κ1) is 13.2. The minimum absolute atomic E-state index is 0.812. The van der Waals surface area contributed by atoms with Gasteiger partial charge < -0.3 is 4.42 Å². The molecule has 1 fully saturated rings. The van der Waals surface area contributed by atoms with Gasteiger partial charge in [0, 0.05) is 11.4 Å². The Bertz CT molecular complexity index is 308. The topological polar surface area (TPSA) is 16.4 Å². The second kappa shape index (κ2) is 6.60. The van der Waals surface area contributed by atoms with E-state index in [9.17, 15) is 0 Å². The molecule has 0 spiro atoms. The van der Waals surface area contributed by atoms with E-state index in [1.807, 2.05) is 6.07 Å². The van der Waals surface area contributed by atoms with Gasteiger partial charge >= 0.3 is 0 Å². The van der Waals surface area contributed by atoms with Crippen LogP contribution in [0, 0.1) is 5.92 Å². The van der Waals surface area contributed by atoms with Crippen molar-refractivity contribution >= 4 is 15.9 Å². The molecule has 3 heteroatoms. The number of alkyl halides is 1. The van der Waals surface area contributed by atoms with Gasteiger partial charge in [0.25, 0.3) is 0 Å². The molecule has 0 N–H and O–H groups in total. The monoisotopic (exact) mass is 299 g/mol. The Labute approximate surface area is 112 Å². The number of hydrogen-bond acceptors (Lipinski definition) is 2. The van der Waals surface area contributed by atoms with Crippen molar-refractivity contribution in [1.82, 2.24) is 4.90 Å². The highest BCUT2D eigenvalue weighted by Gasteiger charge is 2.29. The molecule has 1 heterocycles. The van der Waals surface area contributed by atoms with Crippen LogP contribution in [-0.2, 0) is 6.54 Å². The summed E-state index contributed by atoms with van der Waals surface area (Å²) in [5.74, 6) is 1.91. The molecule has 2 nitrogen and oxygen atoms in total. The summed E-state index contributed by atoms with van der Waals surface area (Å²) < 4.78 is 5.45. The average molecular weight is 300 g/mol. The summed E-state index contributed by atoms with van der Waals surface area (Å²) in [6.07, 6.45) is 7.08. The van der Waals surface area contributed by atoms with E-state index in [2.05, 4.69) is 33.8 Å². The van der Waals surface area contributed by atoms with Crippen molar-refractivity contribution in [3.05, 3.63) is 24.2 Å². The summed E-state index contributed by atoms with van der Waals surface area (Å²) in [4.78, 5) is 2.59. The quantitative estimate of drug-likeness (QED) is 0.673. The molecule has 0 bridgehead atoms. The Morgan fingerprint density at radius 1 is 1.47 bits per heavy atom. The van der Waals surface area contributed by atoms with E-state index in [4.69, 9.17) is 4.42 Å². The molecule has 2 rings (SSSR count). The maximum Gasteiger partial charge on any atom is 0.117 e. The summed E-state index contributed by atoms with van der Waals surface area (Å²) in [6.45, 7) is 4.54. The van der Waals surface area contributed by atoms with Crippen LogP contribution in [0.3, 0.4) is 0 Å². The molecular formula is C14H22BrNO. The second-order valence-corrected chi connectivity index (χ2v) is 5.95. The maximum atomic E-state index is 5.45. The zero-order valence-electron chi connectivity index (χ0n) is 10.6. The van der Waals surface area contributed by atoms with Gasteiger partial charge in [0.1, 0.15) is 5.76 Å². The van der Waals surface area contributed by atoms with Gasteiger partial charge in [-0.25, -0.2) is 0 Å². The van der Waals surface area contributed by atoms with Gasteiger partial charge in [-0.15, -0.1) is 0 Å². The Hall–Kier alpha value is -0.280. The fourth-order valence-electron chi connectivity index (χ4n) is 2.15. The lowest BCUT2D eigenvalue weighted by Gasteiger charge is -2.22. The highest BCUT2D eigenvalue weighted by atomic mass is 79.9. The van der Waals surface area contributed by atoms with E-state index in [0.29, 0.717) is 0 Å². The summed E-state index contributed by atoms with van der Waals surface area (Å²) in [5, 5.41) is 1.12. The molecular weight excluding hydrogens is 278 g/mol. The molecule has 0 radical (unpaired) electrons. The van der Waals surface area contributed by atoms with Gasteiger partial charge in [-0.05, 0) is 50.3 Å². The fraction of sp³-hybridized carbons (Fsp3) is 0.714. The Balaban J connectivity index is 1.77. The van der Waals surface area contributed by atoms with Crippen LogP contribution < -0.4 is 0 Å². The molecule has 0 aromatic carbocycles. The van der Waals surface area contributed by atoms with E-state index in [1.54, 1.807) is 6.26 Å². The normalized spacial score (nSPS) is 17.6. The molecule has 0 amide bonds. The summed E-state index contributed by atoms with van der Waals surface area (Å²) in [7, 11) is 0. The highest BCUT2D eigenvalue weighted by molar-refractivity contribution is 9.09. The van der Waals surface area contributed by atoms with Crippen LogP contribution in [0.5, 0.6) is 0 Å². The molecule has 1 aliphatic rings. The van der Waals surface area contributed by atoms with Crippen molar-refractivity contribution in [3.8, 4) is 0 Å². The molecule has 1 unspecified atom stereocenters. The zero-order valence-corrected chi connectivity index (χ0v) is 12.2. The van der Waals surface area contributed by atoms with Crippen molar-refractivity contribution in [3.63, 3.8) is 0 Å². The third kappa shape index (κ3) is 4.47. The van der Waals surface area contributed by atoms with E-state index >= 15 is 0 Å². The van der Waals surface area contributed by atoms with Crippen molar-refractivity contribution < 1.29 is 4.42 Å². The van der Waals surface area contributed by atoms with E-state index in [-0.39, 0.29) is 0 Å². The zero-order chi connectivity index (χ0) is 12.1. The number of halogens is 1. The predicted molar refractivity (Wildman–Crippen MR) is 74.3 cm³/mol. The summed E-state index contributed by atoms with van der Waals surface area (Å²) in [5.41, 5.74) is 0. The van der Waals surface area contributed by atoms with Crippen LogP contribution >= 0.6 is 15.9 Å². The molecule has 0 saturated heterocycles. The third-order valence-electron chi connectivity index (χ3n) is 3.51. The van der Waals surface area contributed by atoms with Crippen LogP contribution in [0.25, 0.3) is 0 Å². The van der Waals surface area contributed by atoms with Crippen LogP contribution in [0.2, 0.25) is 0 Å². The van der Waals surface area contributed by atoms with Crippen LogP contribution in [0.15, 0.2) is 22.8 Å². The van der Waals surface area contributed by atoms with Crippen molar-refractivity contribution in [2.24, 2.45) is 5.92 Å². The van der Waals surface area contributed by atoms with Gasteiger partial charge in [0.05, 0.1) is 12.8 Å². The Kier molecular flexibility index (Phi) is 5.11. The van der Waals surface area contributed by atoms with Crippen molar-refractivity contribution in [1.29, 1.82) is 0 Å². The first-order valence-corrected chi connectivity index (χ1v) is 7.74. The van der Waals surface area contributed by atoms with Crippen molar-refractivity contribution in [2.75, 3.05) is 11.9 Å². The van der Waals surface area contributed by atoms with Crippen LogP contribution in [-0.4, -0.2) is 22.8 Å². The molecule has 1 aromatic rings. The van der Waals surface area contributed by atoms with E-state index in [1.165, 1.54) is 32.2 Å². The first-order chi connectivity index (χ1) is 8.29. The van der Waals surface area contributed by atoms with Gasteiger partial charge in [-0.1, -0.05) is 22.9 Å². The van der Waals surface area contributed by atoms with Crippen LogP contribution in [0.1, 0.15) is 38.4 Å². The number of furan rings is 1. The molecule has 1 aliphatic carbocycles.